The van der Waals surface area contributed by atoms with Crippen molar-refractivity contribution in [2.45, 2.75) is 32.2 Å². The molecule has 86 heavy (non-hydrogen) atoms. The molecule has 1 aromatic rings. The minimum Gasteiger partial charge on any atom is -0.377 e. The van der Waals surface area contributed by atoms with E-state index in [0.717, 1.165) is 31.4 Å². The summed E-state index contributed by atoms with van der Waals surface area (Å²) in [6.45, 7) is 25.4. The van der Waals surface area contributed by atoms with Gasteiger partial charge in [-0.3, -0.25) is 0 Å². The van der Waals surface area contributed by atoms with Crippen molar-refractivity contribution in [2.75, 3.05) is 324 Å². The number of ether oxygens (including phenoxy) is 26. The third-order valence-electron chi connectivity index (χ3n) is 11.3. The van der Waals surface area contributed by atoms with Gasteiger partial charge in [-0.25, -0.2) is 0 Å². The molecule has 0 radical (unpaired) electrons. The predicted octanol–water partition coefficient (Wildman–Crippen LogP) is 3.13. The van der Waals surface area contributed by atoms with Gasteiger partial charge in [0.2, 0.25) is 0 Å². The van der Waals surface area contributed by atoms with E-state index in [1.54, 1.807) is 0 Å². The Bertz CT molecular complexity index is 1380. The monoisotopic (exact) mass is 1250 g/mol. The first-order valence-electron chi connectivity index (χ1n) is 31.1. The molecule has 0 N–H and O–H groups in total. The molecule has 26 nitrogen and oxygen atoms in total. The second kappa shape index (κ2) is 72.2. The molecule has 0 saturated carbocycles. The molecule has 0 aliphatic carbocycles. The molecule has 0 aromatic heterocycles. The molecule has 1 unspecified atom stereocenters. The summed E-state index contributed by atoms with van der Waals surface area (Å²) in [4.78, 5) is 0. The Morgan fingerprint density at radius 1 is 0.221 bits per heavy atom. The van der Waals surface area contributed by atoms with Crippen molar-refractivity contribution in [1.82, 2.24) is 0 Å². The van der Waals surface area contributed by atoms with Gasteiger partial charge in [-0.05, 0) is 24.8 Å². The molecule has 1 atom stereocenters. The van der Waals surface area contributed by atoms with E-state index < -0.39 is 0 Å². The van der Waals surface area contributed by atoms with E-state index in [2.05, 4.69) is 0 Å². The summed E-state index contributed by atoms with van der Waals surface area (Å²) >= 11 is 0. The zero-order valence-electron chi connectivity index (χ0n) is 52.1. The molecule has 1 saturated heterocycles. The van der Waals surface area contributed by atoms with Crippen molar-refractivity contribution in [3.05, 3.63) is 35.9 Å². The van der Waals surface area contributed by atoms with Crippen LogP contribution in [-0.2, 0) is 130 Å². The van der Waals surface area contributed by atoms with E-state index >= 15 is 0 Å². The average Bonchev–Trinajstić information content (AvgIpc) is 3.58. The zero-order valence-corrected chi connectivity index (χ0v) is 52.1. The average molecular weight is 1250 g/mol. The van der Waals surface area contributed by atoms with Gasteiger partial charge in [0.25, 0.3) is 0 Å². The number of benzene rings is 1. The van der Waals surface area contributed by atoms with Gasteiger partial charge < -0.3 is 123 Å². The molecule has 1 aliphatic rings. The highest BCUT2D eigenvalue weighted by Gasteiger charge is 2.13. The van der Waals surface area contributed by atoms with Crippen LogP contribution >= 0.6 is 0 Å². The van der Waals surface area contributed by atoms with Crippen molar-refractivity contribution in [2.24, 2.45) is 0 Å². The standard InChI is InChI=1S/C60H112O26/c1-2-6-59(7-3-1)58-84-55-54-82-51-50-80-47-46-78-43-42-76-39-38-74-35-34-72-31-30-70-27-26-68-23-22-66-19-18-64-15-14-62-11-10-61-12-13-63-16-17-65-20-21-67-24-25-69-28-29-71-32-33-73-36-37-75-40-41-77-44-45-79-48-49-81-52-53-83-56-57-86-60-8-4-5-9-85-60/h1-3,6-7,60H,4-5,8-58H2. The summed E-state index contributed by atoms with van der Waals surface area (Å²) in [5.74, 6) is 0. The first kappa shape index (κ1) is 80.3. The summed E-state index contributed by atoms with van der Waals surface area (Å²) in [6, 6.07) is 10.1. The second-order valence-corrected chi connectivity index (χ2v) is 18.3. The maximum atomic E-state index is 5.62. The minimum absolute atomic E-state index is 0.0754. The Kier molecular flexibility index (Phi) is 67.4. The lowest BCUT2D eigenvalue weighted by atomic mass is 10.2. The van der Waals surface area contributed by atoms with E-state index in [4.69, 9.17) is 123 Å². The van der Waals surface area contributed by atoms with Gasteiger partial charge in [-0.1, -0.05) is 30.3 Å². The Labute approximate surface area is 513 Å². The normalized spacial score (nSPS) is 13.7. The van der Waals surface area contributed by atoms with Gasteiger partial charge in [0.1, 0.15) is 0 Å². The van der Waals surface area contributed by atoms with E-state index in [1.807, 2.05) is 30.3 Å². The van der Waals surface area contributed by atoms with Gasteiger partial charge in [0, 0.05) is 6.61 Å². The molecular formula is C60H112O26. The molecular weight excluding hydrogens is 1140 g/mol. The fourth-order valence-electron chi connectivity index (χ4n) is 6.90. The molecule has 1 heterocycles. The van der Waals surface area contributed by atoms with Crippen molar-refractivity contribution >= 4 is 0 Å². The van der Waals surface area contributed by atoms with Crippen LogP contribution in [-0.4, -0.2) is 330 Å². The maximum Gasteiger partial charge on any atom is 0.157 e. The van der Waals surface area contributed by atoms with Crippen molar-refractivity contribution in [3.8, 4) is 0 Å². The molecule has 0 bridgehead atoms. The highest BCUT2D eigenvalue weighted by Crippen LogP contribution is 2.13. The fraction of sp³-hybridized carbons (Fsp3) is 0.900. The molecule has 0 spiro atoms. The molecule has 508 valence electrons. The predicted molar refractivity (Wildman–Crippen MR) is 314 cm³/mol. The van der Waals surface area contributed by atoms with E-state index in [-0.39, 0.29) is 6.29 Å². The first-order valence-corrected chi connectivity index (χ1v) is 31.1. The number of rotatable bonds is 75. The molecule has 1 aromatic carbocycles. The van der Waals surface area contributed by atoms with Crippen LogP contribution in [0.4, 0.5) is 0 Å². The Morgan fingerprint density at radius 3 is 0.593 bits per heavy atom. The van der Waals surface area contributed by atoms with Crippen LogP contribution in [0.25, 0.3) is 0 Å². The van der Waals surface area contributed by atoms with E-state index in [0.29, 0.717) is 324 Å². The van der Waals surface area contributed by atoms with Crippen LogP contribution in [0.3, 0.4) is 0 Å². The summed E-state index contributed by atoms with van der Waals surface area (Å²) in [5, 5.41) is 0. The van der Waals surface area contributed by atoms with Gasteiger partial charge in [-0.2, -0.15) is 0 Å². The van der Waals surface area contributed by atoms with Gasteiger partial charge in [-0.15, -0.1) is 0 Å². The Hall–Kier alpha value is -1.82. The number of hydrogen-bond acceptors (Lipinski definition) is 26. The first-order chi connectivity index (χ1) is 42.9. The lowest BCUT2D eigenvalue weighted by Gasteiger charge is -2.22. The minimum atomic E-state index is -0.0754. The summed E-state index contributed by atoms with van der Waals surface area (Å²) in [5.41, 5.74) is 1.15. The smallest absolute Gasteiger partial charge is 0.157 e. The second-order valence-electron chi connectivity index (χ2n) is 18.3. The molecule has 1 aliphatic heterocycles. The van der Waals surface area contributed by atoms with Crippen LogP contribution in [0.5, 0.6) is 0 Å². The molecule has 2 rings (SSSR count). The lowest BCUT2D eigenvalue weighted by Crippen LogP contribution is -2.24. The van der Waals surface area contributed by atoms with Gasteiger partial charge in [0.05, 0.1) is 324 Å². The highest BCUT2D eigenvalue weighted by molar-refractivity contribution is 5.13. The van der Waals surface area contributed by atoms with Gasteiger partial charge >= 0.3 is 0 Å². The van der Waals surface area contributed by atoms with Crippen LogP contribution in [0.15, 0.2) is 30.3 Å². The van der Waals surface area contributed by atoms with Crippen molar-refractivity contribution in [3.63, 3.8) is 0 Å². The third-order valence-corrected chi connectivity index (χ3v) is 11.3. The Balaban J connectivity index is 1.08. The fourth-order valence-corrected chi connectivity index (χ4v) is 6.90. The lowest BCUT2D eigenvalue weighted by molar-refractivity contribution is -0.169. The zero-order chi connectivity index (χ0) is 60.6. The third kappa shape index (κ3) is 65.1. The highest BCUT2D eigenvalue weighted by atomic mass is 16.7. The van der Waals surface area contributed by atoms with E-state index in [1.165, 1.54) is 0 Å². The summed E-state index contributed by atoms with van der Waals surface area (Å²) in [6.07, 6.45) is 3.16. The molecule has 0 amide bonds. The quantitative estimate of drug-likeness (QED) is 0.0852. The maximum absolute atomic E-state index is 5.62. The largest absolute Gasteiger partial charge is 0.377 e. The summed E-state index contributed by atoms with van der Waals surface area (Å²) < 4.78 is 144. The van der Waals surface area contributed by atoms with Crippen molar-refractivity contribution in [1.29, 1.82) is 0 Å². The Morgan fingerprint density at radius 2 is 0.407 bits per heavy atom. The van der Waals surface area contributed by atoms with Crippen LogP contribution in [0.1, 0.15) is 24.8 Å². The number of hydrogen-bond donors (Lipinski definition) is 0. The topological polar surface area (TPSA) is 240 Å². The SMILES string of the molecule is c1ccc(COCCOCCOCCOCCOCCOCCOCCOCCOCCOCCOCCOCCOCCOCCOCCOCCOCCOCCOCCOCCOCCOCCOCCOCCOC2CCCCO2)cc1. The van der Waals surface area contributed by atoms with Crippen LogP contribution < -0.4 is 0 Å². The summed E-state index contributed by atoms with van der Waals surface area (Å²) in [7, 11) is 0. The van der Waals surface area contributed by atoms with Crippen LogP contribution in [0, 0.1) is 0 Å². The molecule has 26 heteroatoms. The van der Waals surface area contributed by atoms with Gasteiger partial charge in [0.15, 0.2) is 6.29 Å². The van der Waals surface area contributed by atoms with Crippen molar-refractivity contribution < 1.29 is 123 Å². The van der Waals surface area contributed by atoms with E-state index in [9.17, 15) is 0 Å². The van der Waals surface area contributed by atoms with Crippen LogP contribution in [0.2, 0.25) is 0 Å². The molecule has 1 fully saturated rings.